The Hall–Kier alpha value is -2.00. The molecule has 8 nitrogen and oxygen atoms in total. The molecular formula is C12H17N5O3S. The van der Waals surface area contributed by atoms with Crippen LogP contribution in [0.5, 0.6) is 0 Å². The van der Waals surface area contributed by atoms with Crippen molar-refractivity contribution in [3.8, 4) is 0 Å². The summed E-state index contributed by atoms with van der Waals surface area (Å²) in [6.45, 7) is 4.35. The van der Waals surface area contributed by atoms with E-state index in [2.05, 4.69) is 25.2 Å². The zero-order valence-electron chi connectivity index (χ0n) is 11.8. The van der Waals surface area contributed by atoms with Crippen LogP contribution in [0.2, 0.25) is 0 Å². The van der Waals surface area contributed by atoms with Gasteiger partial charge >= 0.3 is 0 Å². The minimum Gasteiger partial charge on any atom is -0.383 e. The van der Waals surface area contributed by atoms with Gasteiger partial charge in [0.05, 0.1) is 5.69 Å². The fourth-order valence-electron chi connectivity index (χ4n) is 1.73. The lowest BCUT2D eigenvalue weighted by atomic mass is 10.4. The van der Waals surface area contributed by atoms with Gasteiger partial charge in [-0.1, -0.05) is 5.16 Å². The SMILES string of the molecule is CCNc1cccnc1S(=O)(=O)NCCc1nc(C)no1. The zero-order valence-corrected chi connectivity index (χ0v) is 12.6. The Labute approximate surface area is 123 Å². The highest BCUT2D eigenvalue weighted by molar-refractivity contribution is 7.89. The number of rotatable bonds is 7. The van der Waals surface area contributed by atoms with Gasteiger partial charge in [0, 0.05) is 25.7 Å². The van der Waals surface area contributed by atoms with Crippen molar-refractivity contribution < 1.29 is 12.9 Å². The Balaban J connectivity index is 2.04. The van der Waals surface area contributed by atoms with Crippen LogP contribution < -0.4 is 10.0 Å². The Morgan fingerprint density at radius 3 is 2.86 bits per heavy atom. The monoisotopic (exact) mass is 311 g/mol. The van der Waals surface area contributed by atoms with Crippen molar-refractivity contribution in [1.29, 1.82) is 0 Å². The number of sulfonamides is 1. The smallest absolute Gasteiger partial charge is 0.260 e. The highest BCUT2D eigenvalue weighted by Gasteiger charge is 2.19. The number of anilines is 1. The summed E-state index contributed by atoms with van der Waals surface area (Å²) in [5, 5.41) is 6.59. The zero-order chi connectivity index (χ0) is 15.3. The molecule has 0 aliphatic carbocycles. The summed E-state index contributed by atoms with van der Waals surface area (Å²) in [6.07, 6.45) is 1.76. The molecular weight excluding hydrogens is 294 g/mol. The summed E-state index contributed by atoms with van der Waals surface area (Å²) < 4.78 is 31.9. The fraction of sp³-hybridized carbons (Fsp3) is 0.417. The minimum atomic E-state index is -3.69. The lowest BCUT2D eigenvalue weighted by molar-refractivity contribution is 0.375. The van der Waals surface area contributed by atoms with Gasteiger partial charge in [-0.15, -0.1) is 0 Å². The van der Waals surface area contributed by atoms with Crippen LogP contribution in [0.15, 0.2) is 27.9 Å². The topological polar surface area (TPSA) is 110 Å². The van der Waals surface area contributed by atoms with E-state index in [-0.39, 0.29) is 11.6 Å². The molecule has 0 saturated heterocycles. The number of nitrogens with one attached hydrogen (secondary N) is 2. The van der Waals surface area contributed by atoms with Gasteiger partial charge in [-0.05, 0) is 26.0 Å². The molecule has 21 heavy (non-hydrogen) atoms. The van der Waals surface area contributed by atoms with Crippen molar-refractivity contribution in [1.82, 2.24) is 19.8 Å². The number of aromatic nitrogens is 3. The third-order valence-corrected chi connectivity index (χ3v) is 4.01. The Morgan fingerprint density at radius 1 is 1.38 bits per heavy atom. The van der Waals surface area contributed by atoms with E-state index in [1.807, 2.05) is 6.92 Å². The van der Waals surface area contributed by atoms with Gasteiger partial charge in [0.1, 0.15) is 0 Å². The highest BCUT2D eigenvalue weighted by atomic mass is 32.2. The first-order valence-corrected chi connectivity index (χ1v) is 7.99. The van der Waals surface area contributed by atoms with Crippen LogP contribution in [0.25, 0.3) is 0 Å². The average molecular weight is 311 g/mol. The van der Waals surface area contributed by atoms with Crippen molar-refractivity contribution in [3.05, 3.63) is 30.0 Å². The fourth-order valence-corrected chi connectivity index (χ4v) is 2.87. The third-order valence-electron chi connectivity index (χ3n) is 2.59. The predicted octanol–water partition coefficient (Wildman–Crippen LogP) is 0.726. The molecule has 0 bridgehead atoms. The van der Waals surface area contributed by atoms with Crippen LogP contribution in [0.4, 0.5) is 5.69 Å². The van der Waals surface area contributed by atoms with Gasteiger partial charge in [-0.25, -0.2) is 18.1 Å². The number of hydrogen-bond donors (Lipinski definition) is 2. The van der Waals surface area contributed by atoms with Crippen LogP contribution in [-0.2, 0) is 16.4 Å². The van der Waals surface area contributed by atoms with E-state index in [0.29, 0.717) is 30.4 Å². The molecule has 2 N–H and O–H groups in total. The standard InChI is InChI=1S/C12H17N5O3S/c1-3-13-10-5-4-7-14-12(10)21(18,19)15-8-6-11-16-9(2)17-20-11/h4-5,7,13,15H,3,6,8H2,1-2H3. The molecule has 2 aromatic heterocycles. The molecule has 0 atom stereocenters. The number of pyridine rings is 1. The van der Waals surface area contributed by atoms with E-state index in [0.717, 1.165) is 0 Å². The lowest BCUT2D eigenvalue weighted by Crippen LogP contribution is -2.27. The van der Waals surface area contributed by atoms with Crippen molar-refractivity contribution in [2.75, 3.05) is 18.4 Å². The second-order valence-corrected chi connectivity index (χ2v) is 5.95. The van der Waals surface area contributed by atoms with E-state index >= 15 is 0 Å². The molecule has 0 saturated carbocycles. The number of nitrogens with zero attached hydrogens (tertiary/aromatic N) is 3. The molecule has 0 aliphatic heterocycles. The highest BCUT2D eigenvalue weighted by Crippen LogP contribution is 2.17. The average Bonchev–Trinajstić information content (AvgIpc) is 2.85. The Bertz CT molecular complexity index is 698. The van der Waals surface area contributed by atoms with Gasteiger partial charge in [0.15, 0.2) is 10.9 Å². The summed E-state index contributed by atoms with van der Waals surface area (Å²) in [5.41, 5.74) is 0.473. The largest absolute Gasteiger partial charge is 0.383 e. The van der Waals surface area contributed by atoms with Gasteiger partial charge < -0.3 is 9.84 Å². The van der Waals surface area contributed by atoms with Crippen LogP contribution in [-0.4, -0.2) is 36.6 Å². The van der Waals surface area contributed by atoms with Crippen molar-refractivity contribution in [2.45, 2.75) is 25.3 Å². The summed E-state index contributed by atoms with van der Waals surface area (Å²) in [6, 6.07) is 3.35. The van der Waals surface area contributed by atoms with E-state index < -0.39 is 10.0 Å². The van der Waals surface area contributed by atoms with Crippen LogP contribution in [0, 0.1) is 6.92 Å². The Kier molecular flexibility index (Phi) is 4.86. The molecule has 114 valence electrons. The van der Waals surface area contributed by atoms with Gasteiger partial charge in [0.2, 0.25) is 5.89 Å². The van der Waals surface area contributed by atoms with Crippen LogP contribution in [0.1, 0.15) is 18.6 Å². The second-order valence-electron chi connectivity index (χ2n) is 4.27. The summed E-state index contributed by atoms with van der Waals surface area (Å²) in [5.74, 6) is 0.912. The molecule has 0 aromatic carbocycles. The molecule has 9 heteroatoms. The number of hydrogen-bond acceptors (Lipinski definition) is 7. The summed E-state index contributed by atoms with van der Waals surface area (Å²) in [7, 11) is -3.69. The first-order chi connectivity index (χ1) is 10.0. The molecule has 0 spiro atoms. The first kappa shape index (κ1) is 15.4. The summed E-state index contributed by atoms with van der Waals surface area (Å²) in [4.78, 5) is 7.94. The maximum absolute atomic E-state index is 12.2. The van der Waals surface area contributed by atoms with Crippen molar-refractivity contribution in [3.63, 3.8) is 0 Å². The second kappa shape index (κ2) is 6.64. The third kappa shape index (κ3) is 3.99. The van der Waals surface area contributed by atoms with Crippen LogP contribution in [0.3, 0.4) is 0 Å². The normalized spacial score (nSPS) is 11.5. The van der Waals surface area contributed by atoms with Crippen LogP contribution >= 0.6 is 0 Å². The van der Waals surface area contributed by atoms with E-state index in [4.69, 9.17) is 4.52 Å². The van der Waals surface area contributed by atoms with E-state index in [1.165, 1.54) is 6.20 Å². The molecule has 0 amide bonds. The number of aryl methyl sites for hydroxylation is 1. The van der Waals surface area contributed by atoms with E-state index in [9.17, 15) is 8.42 Å². The van der Waals surface area contributed by atoms with Crippen molar-refractivity contribution >= 4 is 15.7 Å². The molecule has 2 rings (SSSR count). The molecule has 0 fully saturated rings. The predicted molar refractivity (Wildman–Crippen MR) is 76.3 cm³/mol. The minimum absolute atomic E-state index is 0.0199. The molecule has 0 unspecified atom stereocenters. The van der Waals surface area contributed by atoms with Gasteiger partial charge in [0.25, 0.3) is 10.0 Å². The van der Waals surface area contributed by atoms with Gasteiger partial charge in [-0.3, -0.25) is 0 Å². The lowest BCUT2D eigenvalue weighted by Gasteiger charge is -2.10. The molecule has 2 heterocycles. The maximum Gasteiger partial charge on any atom is 0.260 e. The molecule has 0 radical (unpaired) electrons. The van der Waals surface area contributed by atoms with E-state index in [1.54, 1.807) is 19.1 Å². The Morgan fingerprint density at radius 2 is 2.19 bits per heavy atom. The van der Waals surface area contributed by atoms with Crippen molar-refractivity contribution in [2.24, 2.45) is 0 Å². The first-order valence-electron chi connectivity index (χ1n) is 6.50. The molecule has 0 aliphatic rings. The summed E-state index contributed by atoms with van der Waals surface area (Å²) >= 11 is 0. The quantitative estimate of drug-likeness (QED) is 0.775. The maximum atomic E-state index is 12.2. The van der Waals surface area contributed by atoms with Gasteiger partial charge in [-0.2, -0.15) is 4.98 Å². The molecule has 2 aromatic rings.